The number of rotatable bonds is 26. The molecule has 0 bridgehead atoms. The molecule has 0 aliphatic carbocycles. The zero-order chi connectivity index (χ0) is 22.0. The van der Waals surface area contributed by atoms with Crippen LogP contribution in [0.3, 0.4) is 0 Å². The van der Waals surface area contributed by atoms with E-state index < -0.39 is 5.97 Å². The maximum Gasteiger partial charge on any atom is 0.303 e. The summed E-state index contributed by atoms with van der Waals surface area (Å²) in [5, 5.41) is 14.8. The Morgan fingerprint density at radius 1 is 0.667 bits per heavy atom. The summed E-state index contributed by atoms with van der Waals surface area (Å²) in [6.45, 7) is 7.40. The molecule has 10 nitrogen and oxygen atoms in total. The third-order valence-corrected chi connectivity index (χ3v) is 3.82. The molecule has 0 aromatic rings. The smallest absolute Gasteiger partial charge is 0.303 e. The van der Waals surface area contributed by atoms with Crippen LogP contribution in [0, 0.1) is 0 Å². The van der Waals surface area contributed by atoms with Crippen molar-refractivity contribution in [2.75, 3.05) is 85.8 Å². The molecule has 0 aromatic heterocycles. The van der Waals surface area contributed by atoms with Gasteiger partial charge in [-0.05, 0) is 32.4 Å². The molecule has 0 saturated carbocycles. The number of ether oxygens (including phenoxy) is 5. The van der Waals surface area contributed by atoms with Gasteiger partial charge in [0, 0.05) is 19.6 Å². The maximum atomic E-state index is 10.4. The Morgan fingerprint density at radius 2 is 1.27 bits per heavy atom. The molecule has 0 saturated heterocycles. The Morgan fingerprint density at radius 3 is 1.90 bits per heavy atom. The Hall–Kier alpha value is -1.14. The minimum absolute atomic E-state index is 0.104. The predicted molar refractivity (Wildman–Crippen MR) is 112 cm³/mol. The normalized spacial score (nSPS) is 11.1. The number of carbonyl (C=O) groups is 2. The van der Waals surface area contributed by atoms with Crippen molar-refractivity contribution in [1.82, 2.24) is 10.6 Å². The number of carbonyl (C=O) groups excluding carboxylic acids is 1. The van der Waals surface area contributed by atoms with Crippen molar-refractivity contribution in [1.29, 1.82) is 0 Å². The van der Waals surface area contributed by atoms with Gasteiger partial charge in [-0.3, -0.25) is 10.1 Å². The number of aldehydes is 1. The summed E-state index contributed by atoms with van der Waals surface area (Å²) in [7, 11) is 0. The van der Waals surface area contributed by atoms with Crippen LogP contribution in [-0.2, 0) is 33.3 Å². The van der Waals surface area contributed by atoms with E-state index in [1.54, 1.807) is 0 Å². The number of unbranched alkanes of at least 4 members (excludes halogenated alkanes) is 2. The Kier molecular flexibility index (Phi) is 24.9. The molecule has 0 amide bonds. The van der Waals surface area contributed by atoms with Crippen molar-refractivity contribution < 1.29 is 38.4 Å². The molecule has 0 atom stereocenters. The van der Waals surface area contributed by atoms with Crippen LogP contribution in [0.5, 0.6) is 0 Å². The largest absolute Gasteiger partial charge is 0.481 e. The molecular weight excluding hydrogens is 396 g/mol. The van der Waals surface area contributed by atoms with E-state index in [0.717, 1.165) is 38.8 Å². The highest BCUT2D eigenvalue weighted by atomic mass is 16.6. The minimum atomic E-state index is -0.720. The van der Waals surface area contributed by atoms with E-state index >= 15 is 0 Å². The van der Waals surface area contributed by atoms with Crippen molar-refractivity contribution in [3.8, 4) is 0 Å². The Bertz CT molecular complexity index is 375. The van der Waals surface area contributed by atoms with Gasteiger partial charge in [-0.15, -0.1) is 0 Å². The second kappa shape index (κ2) is 25.9. The molecule has 0 rings (SSSR count). The lowest BCUT2D eigenvalue weighted by Crippen LogP contribution is -2.24. The van der Waals surface area contributed by atoms with Crippen LogP contribution in [0.2, 0.25) is 0 Å². The highest BCUT2D eigenvalue weighted by Gasteiger charge is 1.96. The van der Waals surface area contributed by atoms with Crippen molar-refractivity contribution in [2.24, 2.45) is 0 Å². The van der Waals surface area contributed by atoms with Crippen LogP contribution in [0.15, 0.2) is 0 Å². The van der Waals surface area contributed by atoms with Gasteiger partial charge in [0.15, 0.2) is 0 Å². The molecule has 0 radical (unpaired) electrons. The van der Waals surface area contributed by atoms with E-state index in [2.05, 4.69) is 10.6 Å². The Balaban J connectivity index is 3.00. The average molecular weight is 437 g/mol. The van der Waals surface area contributed by atoms with Crippen LogP contribution in [0.25, 0.3) is 0 Å². The number of carboxylic acid groups (broad SMARTS) is 1. The first-order valence-corrected chi connectivity index (χ1v) is 10.7. The van der Waals surface area contributed by atoms with E-state index in [-0.39, 0.29) is 13.0 Å². The van der Waals surface area contributed by atoms with Gasteiger partial charge in [-0.1, -0.05) is 6.42 Å². The fourth-order valence-electron chi connectivity index (χ4n) is 2.28. The summed E-state index contributed by atoms with van der Waals surface area (Å²) < 4.78 is 26.6. The zero-order valence-corrected chi connectivity index (χ0v) is 18.1. The topological polar surface area (TPSA) is 125 Å². The molecular formula is C20H40N2O8. The first kappa shape index (κ1) is 28.9. The number of hydrogen-bond acceptors (Lipinski definition) is 9. The fraction of sp³-hybridized carbons (Fsp3) is 0.900. The van der Waals surface area contributed by atoms with Crippen LogP contribution in [0.1, 0.15) is 32.1 Å². The number of nitrogens with one attached hydrogen (secondary N) is 2. The standard InChI is InChI=1S/C20H40N2O8/c23-9-12-30-19-22-8-11-27-14-16-29-18-17-28-15-13-26-10-4-7-21-6-3-1-2-5-20(24)25/h9,21-22H,1-8,10-19H2,(H,24,25). The number of aliphatic carboxylic acids is 1. The monoisotopic (exact) mass is 436 g/mol. The van der Waals surface area contributed by atoms with Gasteiger partial charge in [0.1, 0.15) is 12.9 Å². The summed E-state index contributed by atoms with van der Waals surface area (Å²) in [5.41, 5.74) is 0. The van der Waals surface area contributed by atoms with Gasteiger partial charge in [0.05, 0.1) is 53.0 Å². The highest BCUT2D eigenvalue weighted by Crippen LogP contribution is 1.98. The molecule has 3 N–H and O–H groups in total. The summed E-state index contributed by atoms with van der Waals surface area (Å²) in [5.74, 6) is -0.720. The predicted octanol–water partition coefficient (Wildman–Crippen LogP) is 0.440. The van der Waals surface area contributed by atoms with Crippen molar-refractivity contribution in [3.63, 3.8) is 0 Å². The first-order valence-electron chi connectivity index (χ1n) is 10.7. The lowest BCUT2D eigenvalue weighted by atomic mass is 10.2. The third kappa shape index (κ3) is 26.9. The Labute approximate surface area is 179 Å². The minimum Gasteiger partial charge on any atom is -0.481 e. The molecule has 0 aromatic carbocycles. The quantitative estimate of drug-likeness (QED) is 0.0999. The molecule has 0 spiro atoms. The maximum absolute atomic E-state index is 10.4. The summed E-state index contributed by atoms with van der Waals surface area (Å²) in [6.07, 6.45) is 4.62. The van der Waals surface area contributed by atoms with Crippen LogP contribution in [-0.4, -0.2) is 103 Å². The molecule has 10 heteroatoms. The lowest BCUT2D eigenvalue weighted by molar-refractivity contribution is -0.137. The highest BCUT2D eigenvalue weighted by molar-refractivity contribution is 5.66. The van der Waals surface area contributed by atoms with Crippen LogP contribution in [0.4, 0.5) is 0 Å². The molecule has 0 aliphatic heterocycles. The van der Waals surface area contributed by atoms with Gasteiger partial charge < -0.3 is 38.9 Å². The van der Waals surface area contributed by atoms with E-state index in [0.29, 0.717) is 72.4 Å². The zero-order valence-electron chi connectivity index (χ0n) is 18.1. The van der Waals surface area contributed by atoms with Gasteiger partial charge in [0.25, 0.3) is 0 Å². The van der Waals surface area contributed by atoms with Crippen LogP contribution >= 0.6 is 0 Å². The lowest BCUT2D eigenvalue weighted by Gasteiger charge is -2.08. The van der Waals surface area contributed by atoms with Gasteiger partial charge in [0.2, 0.25) is 0 Å². The summed E-state index contributed by atoms with van der Waals surface area (Å²) in [6, 6.07) is 0. The number of hydrogen-bond donors (Lipinski definition) is 3. The van der Waals surface area contributed by atoms with Crippen LogP contribution < -0.4 is 10.6 Å². The SMILES string of the molecule is O=CCOCNCCOCCOCCOCCOCCCNCCCCCC(=O)O. The van der Waals surface area contributed by atoms with Crippen molar-refractivity contribution in [2.45, 2.75) is 32.1 Å². The molecule has 0 unspecified atom stereocenters. The van der Waals surface area contributed by atoms with Crippen molar-refractivity contribution in [3.05, 3.63) is 0 Å². The van der Waals surface area contributed by atoms with Gasteiger partial charge >= 0.3 is 5.97 Å². The molecule has 30 heavy (non-hydrogen) atoms. The molecule has 0 fully saturated rings. The summed E-state index contributed by atoms with van der Waals surface area (Å²) >= 11 is 0. The molecule has 0 heterocycles. The van der Waals surface area contributed by atoms with E-state index in [4.69, 9.17) is 28.8 Å². The average Bonchev–Trinajstić information content (AvgIpc) is 2.73. The van der Waals surface area contributed by atoms with Crippen molar-refractivity contribution >= 4 is 12.3 Å². The third-order valence-electron chi connectivity index (χ3n) is 3.82. The van der Waals surface area contributed by atoms with Gasteiger partial charge in [-0.2, -0.15) is 0 Å². The second-order valence-electron chi connectivity index (χ2n) is 6.44. The molecule has 178 valence electrons. The van der Waals surface area contributed by atoms with E-state index in [1.807, 2.05) is 0 Å². The fourth-order valence-corrected chi connectivity index (χ4v) is 2.28. The summed E-state index contributed by atoms with van der Waals surface area (Å²) in [4.78, 5) is 20.4. The first-order chi connectivity index (χ1) is 14.8. The number of carboxylic acids is 1. The van der Waals surface area contributed by atoms with E-state index in [9.17, 15) is 9.59 Å². The molecule has 0 aliphatic rings. The second-order valence-corrected chi connectivity index (χ2v) is 6.44. The van der Waals surface area contributed by atoms with Gasteiger partial charge in [-0.25, -0.2) is 0 Å². The van der Waals surface area contributed by atoms with E-state index in [1.165, 1.54) is 0 Å².